The quantitative estimate of drug-likeness (QED) is 0.348. The Balaban J connectivity index is 1.48. The number of hydrogen-bond donors (Lipinski definition) is 2. The molecule has 0 fully saturated rings. The van der Waals surface area contributed by atoms with Crippen molar-refractivity contribution < 1.29 is 28.3 Å². The summed E-state index contributed by atoms with van der Waals surface area (Å²) in [4.78, 5) is 27.8. The Kier molecular flexibility index (Phi) is 6.86. The number of carbonyl (C=O) groups is 2. The molecule has 4 aromatic rings. The highest BCUT2D eigenvalue weighted by Crippen LogP contribution is 2.31. The Morgan fingerprint density at radius 2 is 1.80 bits per heavy atom. The van der Waals surface area contributed by atoms with E-state index in [1.165, 1.54) is 6.07 Å². The van der Waals surface area contributed by atoms with Crippen molar-refractivity contribution in [3.63, 3.8) is 0 Å². The van der Waals surface area contributed by atoms with E-state index >= 15 is 0 Å². The number of nitrogens with one attached hydrogen (secondary N) is 1. The molecule has 1 unspecified atom stereocenters. The number of carboxylic acid groups (broad SMARTS) is 1. The molecule has 2 N–H and O–H groups in total. The predicted octanol–water partition coefficient (Wildman–Crippen LogP) is 5.79. The maximum atomic E-state index is 14.0. The van der Waals surface area contributed by atoms with Gasteiger partial charge in [-0.05, 0) is 37.6 Å². The van der Waals surface area contributed by atoms with Gasteiger partial charge in [0.15, 0.2) is 5.76 Å². The summed E-state index contributed by atoms with van der Waals surface area (Å²) in [6, 6.07) is 16.8. The molecular formula is C26H22FN3O5. The standard InChI is InChI=1S/C26H22FN3O5/c1-15(20-5-3-4-6-21(20)27)34-26(33)29-24-16(2)35-30-25(24)19-11-12-22(28-14-19)18-9-7-17(8-10-18)13-23(31)32/h3-12,14-15H,13H2,1-2H3,(H,29,33)(H,31,32). The van der Waals surface area contributed by atoms with E-state index in [-0.39, 0.29) is 12.0 Å². The van der Waals surface area contributed by atoms with Crippen molar-refractivity contribution in [3.8, 4) is 22.5 Å². The minimum Gasteiger partial charge on any atom is -0.481 e. The number of pyridine rings is 1. The molecular weight excluding hydrogens is 453 g/mol. The highest BCUT2D eigenvalue weighted by Gasteiger charge is 2.21. The molecule has 2 aromatic carbocycles. The van der Waals surface area contributed by atoms with Crippen molar-refractivity contribution in [1.82, 2.24) is 10.1 Å². The van der Waals surface area contributed by atoms with E-state index in [0.717, 1.165) is 5.56 Å². The highest BCUT2D eigenvalue weighted by atomic mass is 19.1. The zero-order valence-corrected chi connectivity index (χ0v) is 19.0. The van der Waals surface area contributed by atoms with Gasteiger partial charge < -0.3 is 14.4 Å². The van der Waals surface area contributed by atoms with Crippen molar-refractivity contribution in [1.29, 1.82) is 0 Å². The molecule has 0 aliphatic heterocycles. The molecule has 0 saturated heterocycles. The van der Waals surface area contributed by atoms with Crippen molar-refractivity contribution in [2.24, 2.45) is 0 Å². The van der Waals surface area contributed by atoms with E-state index in [1.54, 1.807) is 74.6 Å². The Hall–Kier alpha value is -4.53. The number of aliphatic carboxylic acids is 1. The number of nitrogens with zero attached hydrogens (tertiary/aromatic N) is 2. The molecule has 0 aliphatic carbocycles. The number of aryl methyl sites for hydroxylation is 1. The molecule has 35 heavy (non-hydrogen) atoms. The molecule has 2 heterocycles. The monoisotopic (exact) mass is 475 g/mol. The van der Waals surface area contributed by atoms with E-state index in [9.17, 15) is 14.0 Å². The largest absolute Gasteiger partial charge is 0.481 e. The lowest BCUT2D eigenvalue weighted by molar-refractivity contribution is -0.136. The molecule has 1 atom stereocenters. The van der Waals surface area contributed by atoms with Crippen LogP contribution in [0.25, 0.3) is 22.5 Å². The fourth-order valence-electron chi connectivity index (χ4n) is 3.55. The van der Waals surface area contributed by atoms with Crippen LogP contribution in [-0.2, 0) is 16.0 Å². The number of hydrogen-bond acceptors (Lipinski definition) is 6. The van der Waals surface area contributed by atoms with E-state index < -0.39 is 24.0 Å². The minimum absolute atomic E-state index is 0.0462. The van der Waals surface area contributed by atoms with Crippen LogP contribution in [-0.4, -0.2) is 27.3 Å². The number of carboxylic acids is 1. The molecule has 8 nitrogen and oxygen atoms in total. The van der Waals surface area contributed by atoms with Crippen molar-refractivity contribution in [3.05, 3.63) is 89.6 Å². The maximum absolute atomic E-state index is 14.0. The van der Waals surface area contributed by atoms with Crippen LogP contribution >= 0.6 is 0 Å². The second-order valence-corrected chi connectivity index (χ2v) is 7.86. The van der Waals surface area contributed by atoms with Crippen LogP contribution < -0.4 is 5.32 Å². The Morgan fingerprint density at radius 1 is 1.09 bits per heavy atom. The van der Waals surface area contributed by atoms with Crippen LogP contribution in [0.15, 0.2) is 71.4 Å². The molecule has 0 aliphatic rings. The molecule has 9 heteroatoms. The molecule has 0 saturated carbocycles. The van der Waals surface area contributed by atoms with E-state index in [1.807, 2.05) is 0 Å². The third-order valence-corrected chi connectivity index (χ3v) is 5.36. The van der Waals surface area contributed by atoms with Crippen molar-refractivity contribution in [2.45, 2.75) is 26.4 Å². The second kappa shape index (κ2) is 10.2. The fourth-order valence-corrected chi connectivity index (χ4v) is 3.55. The Morgan fingerprint density at radius 3 is 2.46 bits per heavy atom. The lowest BCUT2D eigenvalue weighted by atomic mass is 10.1. The van der Waals surface area contributed by atoms with Gasteiger partial charge in [0.1, 0.15) is 23.3 Å². The number of halogens is 1. The molecule has 178 valence electrons. The highest BCUT2D eigenvalue weighted by molar-refractivity contribution is 5.91. The molecule has 2 aromatic heterocycles. The lowest BCUT2D eigenvalue weighted by Gasteiger charge is -2.15. The first-order valence-corrected chi connectivity index (χ1v) is 10.8. The molecule has 0 spiro atoms. The first-order chi connectivity index (χ1) is 16.8. The average Bonchev–Trinajstić information content (AvgIpc) is 3.19. The van der Waals surface area contributed by atoms with Gasteiger partial charge in [0.25, 0.3) is 0 Å². The topological polar surface area (TPSA) is 115 Å². The zero-order valence-electron chi connectivity index (χ0n) is 19.0. The van der Waals surface area contributed by atoms with Gasteiger partial charge in [-0.15, -0.1) is 0 Å². The van der Waals surface area contributed by atoms with Gasteiger partial charge in [-0.2, -0.15) is 0 Å². The van der Waals surface area contributed by atoms with Gasteiger partial charge in [-0.1, -0.05) is 47.6 Å². The summed E-state index contributed by atoms with van der Waals surface area (Å²) in [5.41, 5.74) is 3.76. The Labute approximate surface area is 200 Å². The van der Waals surface area contributed by atoms with Crippen LogP contribution in [0.1, 0.15) is 29.9 Å². The minimum atomic E-state index is -0.891. The second-order valence-electron chi connectivity index (χ2n) is 7.86. The number of ether oxygens (including phenoxy) is 1. The summed E-state index contributed by atoms with van der Waals surface area (Å²) in [5, 5.41) is 15.6. The van der Waals surface area contributed by atoms with Crippen molar-refractivity contribution in [2.75, 3.05) is 5.32 Å². The number of aromatic nitrogens is 2. The summed E-state index contributed by atoms with van der Waals surface area (Å²) in [6.07, 6.45) is -0.0342. The van der Waals surface area contributed by atoms with Crippen LogP contribution in [0.2, 0.25) is 0 Å². The maximum Gasteiger partial charge on any atom is 0.412 e. The number of anilines is 1. The lowest BCUT2D eigenvalue weighted by Crippen LogP contribution is -2.17. The SMILES string of the molecule is Cc1onc(-c2ccc(-c3ccc(CC(=O)O)cc3)nc2)c1NC(=O)OC(C)c1ccccc1F. The number of benzene rings is 2. The first kappa shape index (κ1) is 23.6. The summed E-state index contributed by atoms with van der Waals surface area (Å²) >= 11 is 0. The molecule has 1 amide bonds. The normalized spacial score (nSPS) is 11.6. The van der Waals surface area contributed by atoms with Gasteiger partial charge in [0, 0.05) is 22.9 Å². The predicted molar refractivity (Wildman–Crippen MR) is 126 cm³/mol. The average molecular weight is 475 g/mol. The van der Waals surface area contributed by atoms with Gasteiger partial charge in [-0.25, -0.2) is 9.18 Å². The van der Waals surface area contributed by atoms with E-state index in [4.69, 9.17) is 14.4 Å². The van der Waals surface area contributed by atoms with Gasteiger partial charge >= 0.3 is 12.1 Å². The number of amides is 1. The third kappa shape index (κ3) is 5.52. The summed E-state index contributed by atoms with van der Waals surface area (Å²) < 4.78 is 24.6. The smallest absolute Gasteiger partial charge is 0.412 e. The van der Waals surface area contributed by atoms with Crippen LogP contribution in [0.4, 0.5) is 14.9 Å². The zero-order chi connectivity index (χ0) is 24.9. The van der Waals surface area contributed by atoms with Crippen LogP contribution in [0, 0.1) is 12.7 Å². The van der Waals surface area contributed by atoms with Crippen LogP contribution in [0.3, 0.4) is 0 Å². The summed E-state index contributed by atoms with van der Waals surface area (Å²) in [5.74, 6) is -0.982. The third-order valence-electron chi connectivity index (χ3n) is 5.36. The van der Waals surface area contributed by atoms with E-state index in [2.05, 4.69) is 15.5 Å². The molecule has 0 bridgehead atoms. The molecule has 4 rings (SSSR count). The first-order valence-electron chi connectivity index (χ1n) is 10.8. The fraction of sp³-hybridized carbons (Fsp3) is 0.154. The van der Waals surface area contributed by atoms with Gasteiger partial charge in [0.05, 0.1) is 12.1 Å². The van der Waals surface area contributed by atoms with Crippen molar-refractivity contribution >= 4 is 17.7 Å². The number of rotatable bonds is 7. The van der Waals surface area contributed by atoms with Gasteiger partial charge in [0.2, 0.25) is 0 Å². The summed E-state index contributed by atoms with van der Waals surface area (Å²) in [6.45, 7) is 3.23. The Bertz CT molecular complexity index is 1350. The summed E-state index contributed by atoms with van der Waals surface area (Å²) in [7, 11) is 0. The number of carbonyl (C=O) groups excluding carboxylic acids is 1. The van der Waals surface area contributed by atoms with Crippen LogP contribution in [0.5, 0.6) is 0 Å². The van der Waals surface area contributed by atoms with E-state index in [0.29, 0.717) is 34.0 Å². The molecule has 0 radical (unpaired) electrons. The van der Waals surface area contributed by atoms with Gasteiger partial charge in [-0.3, -0.25) is 15.1 Å².